The van der Waals surface area contributed by atoms with E-state index in [4.69, 9.17) is 4.74 Å². The third-order valence-electron chi connectivity index (χ3n) is 4.22. The molecule has 1 aromatic carbocycles. The molecule has 1 aromatic rings. The van der Waals surface area contributed by atoms with E-state index in [-0.39, 0.29) is 24.2 Å². The topological polar surface area (TPSA) is 53.6 Å². The first kappa shape index (κ1) is 20.7. The number of hydrogen-bond acceptors (Lipinski definition) is 4. The number of amides is 1. The van der Waals surface area contributed by atoms with Crippen LogP contribution in [0, 0.1) is 5.92 Å². The summed E-state index contributed by atoms with van der Waals surface area (Å²) in [7, 11) is 4.05. The number of benzene rings is 1. The summed E-state index contributed by atoms with van der Waals surface area (Å²) in [5.74, 6) is 1.13. The summed E-state index contributed by atoms with van der Waals surface area (Å²) >= 11 is 0. The molecule has 2 rings (SSSR count). The fourth-order valence-corrected chi connectivity index (χ4v) is 2.83. The van der Waals surface area contributed by atoms with Gasteiger partial charge >= 0.3 is 0 Å². The normalized spacial score (nSPS) is 20.3. The Morgan fingerprint density at radius 1 is 1.38 bits per heavy atom. The van der Waals surface area contributed by atoms with Gasteiger partial charge in [0.25, 0.3) is 0 Å². The maximum atomic E-state index is 12.3. The highest BCUT2D eigenvalue weighted by Crippen LogP contribution is 2.19. The van der Waals surface area contributed by atoms with Crippen LogP contribution in [0.1, 0.15) is 25.3 Å². The molecular weight excluding hydrogens is 326 g/mol. The summed E-state index contributed by atoms with van der Waals surface area (Å²) in [5.41, 5.74) is 1.03. The molecule has 2 N–H and O–H groups in total. The van der Waals surface area contributed by atoms with Gasteiger partial charge in [-0.3, -0.25) is 4.79 Å². The zero-order chi connectivity index (χ0) is 16.7. The molecule has 0 aliphatic carbocycles. The minimum Gasteiger partial charge on any atom is -0.492 e. The second-order valence-corrected chi connectivity index (χ2v) is 6.55. The van der Waals surface area contributed by atoms with Crippen molar-refractivity contribution < 1.29 is 9.53 Å². The second kappa shape index (κ2) is 10.5. The van der Waals surface area contributed by atoms with Crippen LogP contribution in [0.2, 0.25) is 0 Å². The van der Waals surface area contributed by atoms with E-state index in [1.807, 2.05) is 38.4 Å². The number of hydrogen-bond donors (Lipinski definition) is 2. The molecule has 1 saturated heterocycles. The number of halogens is 1. The first-order valence-corrected chi connectivity index (χ1v) is 8.43. The fourth-order valence-electron chi connectivity index (χ4n) is 2.83. The standard InChI is InChI=1S/C18H29N3O2.ClH/c1-14-12-15(8-9-19-14)18(22)20-13-16-6-4-5-7-17(16)23-11-10-21(2)3;/h4-7,14-15,19H,8-13H2,1-3H3,(H,20,22);1H/t14-,15-;/m0./s1. The lowest BCUT2D eigenvalue weighted by molar-refractivity contribution is -0.126. The van der Waals surface area contributed by atoms with E-state index in [1.54, 1.807) is 0 Å². The number of nitrogens with one attached hydrogen (secondary N) is 2. The van der Waals surface area contributed by atoms with Crippen LogP contribution in [0.4, 0.5) is 0 Å². The van der Waals surface area contributed by atoms with Crippen LogP contribution in [0.25, 0.3) is 0 Å². The summed E-state index contributed by atoms with van der Waals surface area (Å²) in [6.45, 7) is 5.09. The van der Waals surface area contributed by atoms with Crippen LogP contribution < -0.4 is 15.4 Å². The second-order valence-electron chi connectivity index (χ2n) is 6.55. The SMILES string of the molecule is C[C@H]1C[C@@H](C(=O)NCc2ccccc2OCCN(C)C)CCN1.Cl. The first-order valence-electron chi connectivity index (χ1n) is 8.43. The third-order valence-corrected chi connectivity index (χ3v) is 4.22. The first-order chi connectivity index (χ1) is 11.1. The van der Waals surface area contributed by atoms with Gasteiger partial charge in [0, 0.05) is 30.6 Å². The minimum atomic E-state index is 0. The molecule has 1 aliphatic rings. The Hall–Kier alpha value is -1.30. The lowest BCUT2D eigenvalue weighted by atomic mass is 9.92. The van der Waals surface area contributed by atoms with E-state index in [1.165, 1.54) is 0 Å². The van der Waals surface area contributed by atoms with Gasteiger partial charge in [0.05, 0.1) is 0 Å². The number of rotatable bonds is 7. The van der Waals surface area contributed by atoms with Crippen molar-refractivity contribution in [2.24, 2.45) is 5.92 Å². The summed E-state index contributed by atoms with van der Waals surface area (Å²) in [5, 5.41) is 6.45. The fraction of sp³-hybridized carbons (Fsp3) is 0.611. The van der Waals surface area contributed by atoms with Crippen LogP contribution >= 0.6 is 12.4 Å². The molecule has 1 amide bonds. The van der Waals surface area contributed by atoms with Crippen molar-refractivity contribution in [2.45, 2.75) is 32.4 Å². The average Bonchev–Trinajstić information content (AvgIpc) is 2.53. The summed E-state index contributed by atoms with van der Waals surface area (Å²) in [6, 6.07) is 8.33. The molecule has 136 valence electrons. The lowest BCUT2D eigenvalue weighted by Gasteiger charge is -2.27. The molecule has 6 heteroatoms. The highest BCUT2D eigenvalue weighted by Gasteiger charge is 2.24. The number of carbonyl (C=O) groups excluding carboxylic acids is 1. The van der Waals surface area contributed by atoms with Crippen molar-refractivity contribution in [3.8, 4) is 5.75 Å². The summed E-state index contributed by atoms with van der Waals surface area (Å²) < 4.78 is 5.84. The molecule has 0 unspecified atom stereocenters. The van der Waals surface area contributed by atoms with Crippen LogP contribution in [0.15, 0.2) is 24.3 Å². The Balaban J connectivity index is 0.00000288. The van der Waals surface area contributed by atoms with Crippen molar-refractivity contribution in [1.82, 2.24) is 15.5 Å². The van der Waals surface area contributed by atoms with Gasteiger partial charge in [-0.2, -0.15) is 0 Å². The van der Waals surface area contributed by atoms with Crippen molar-refractivity contribution in [1.29, 1.82) is 0 Å². The predicted octanol–water partition coefficient (Wildman–Crippen LogP) is 2.05. The molecule has 1 heterocycles. The number of para-hydroxylation sites is 1. The van der Waals surface area contributed by atoms with Gasteiger partial charge in [-0.25, -0.2) is 0 Å². The molecule has 0 aromatic heterocycles. The molecule has 1 fully saturated rings. The van der Waals surface area contributed by atoms with Crippen LogP contribution in [0.3, 0.4) is 0 Å². The van der Waals surface area contributed by atoms with E-state index < -0.39 is 0 Å². The highest BCUT2D eigenvalue weighted by atomic mass is 35.5. The Morgan fingerprint density at radius 2 is 2.12 bits per heavy atom. The quantitative estimate of drug-likeness (QED) is 0.786. The molecule has 2 atom stereocenters. The van der Waals surface area contributed by atoms with E-state index in [2.05, 4.69) is 22.5 Å². The number of nitrogens with zero attached hydrogens (tertiary/aromatic N) is 1. The third kappa shape index (κ3) is 6.67. The number of likely N-dealkylation sites (N-methyl/N-ethyl adjacent to an activating group) is 1. The van der Waals surface area contributed by atoms with E-state index in [0.29, 0.717) is 19.2 Å². The predicted molar refractivity (Wildman–Crippen MR) is 99.8 cm³/mol. The smallest absolute Gasteiger partial charge is 0.223 e. The average molecular weight is 356 g/mol. The number of carbonyl (C=O) groups is 1. The van der Waals surface area contributed by atoms with Gasteiger partial charge in [-0.05, 0) is 46.5 Å². The van der Waals surface area contributed by atoms with Crippen molar-refractivity contribution in [3.63, 3.8) is 0 Å². The monoisotopic (exact) mass is 355 g/mol. The largest absolute Gasteiger partial charge is 0.492 e. The Bertz CT molecular complexity index is 511. The van der Waals surface area contributed by atoms with Gasteiger partial charge in [0.15, 0.2) is 0 Å². The molecule has 0 spiro atoms. The zero-order valence-corrected chi connectivity index (χ0v) is 15.7. The maximum Gasteiger partial charge on any atom is 0.223 e. The van der Waals surface area contributed by atoms with E-state index in [0.717, 1.165) is 37.2 Å². The molecule has 24 heavy (non-hydrogen) atoms. The minimum absolute atomic E-state index is 0. The molecule has 5 nitrogen and oxygen atoms in total. The van der Waals surface area contributed by atoms with Crippen LogP contribution in [-0.4, -0.2) is 50.6 Å². The van der Waals surface area contributed by atoms with Crippen molar-refractivity contribution in [3.05, 3.63) is 29.8 Å². The molecule has 0 saturated carbocycles. The molecule has 0 radical (unpaired) electrons. The van der Waals surface area contributed by atoms with E-state index >= 15 is 0 Å². The van der Waals surface area contributed by atoms with Gasteiger partial charge in [0.2, 0.25) is 5.91 Å². The number of ether oxygens (including phenoxy) is 1. The molecular formula is C18H30ClN3O2. The molecule has 1 aliphatic heterocycles. The van der Waals surface area contributed by atoms with E-state index in [9.17, 15) is 4.79 Å². The summed E-state index contributed by atoms with van der Waals surface area (Å²) in [6.07, 6.45) is 1.82. The van der Waals surface area contributed by atoms with Gasteiger partial charge < -0.3 is 20.3 Å². The Morgan fingerprint density at radius 3 is 2.83 bits per heavy atom. The Kier molecular flexibility index (Phi) is 9.11. The number of piperidine rings is 1. The van der Waals surface area contributed by atoms with Gasteiger partial charge in [0.1, 0.15) is 12.4 Å². The van der Waals surface area contributed by atoms with Crippen molar-refractivity contribution >= 4 is 18.3 Å². The zero-order valence-electron chi connectivity index (χ0n) is 14.9. The molecule has 0 bridgehead atoms. The van der Waals surface area contributed by atoms with Crippen LogP contribution in [0.5, 0.6) is 5.75 Å². The van der Waals surface area contributed by atoms with Gasteiger partial charge in [-0.15, -0.1) is 12.4 Å². The Labute approximate surface area is 151 Å². The van der Waals surface area contributed by atoms with Crippen molar-refractivity contribution in [2.75, 3.05) is 33.8 Å². The lowest BCUT2D eigenvalue weighted by Crippen LogP contribution is -2.42. The van der Waals surface area contributed by atoms with Gasteiger partial charge in [-0.1, -0.05) is 18.2 Å². The van der Waals surface area contributed by atoms with Crippen LogP contribution in [-0.2, 0) is 11.3 Å². The summed E-state index contributed by atoms with van der Waals surface area (Å²) in [4.78, 5) is 14.4. The maximum absolute atomic E-state index is 12.3. The highest BCUT2D eigenvalue weighted by molar-refractivity contribution is 5.85.